The summed E-state index contributed by atoms with van der Waals surface area (Å²) in [7, 11) is 0. The molecule has 0 fully saturated rings. The van der Waals surface area contributed by atoms with E-state index in [1.807, 2.05) is 13.8 Å². The molecule has 0 spiro atoms. The molecule has 1 aliphatic rings. The third kappa shape index (κ3) is 4.16. The molecule has 0 bridgehead atoms. The second-order valence-corrected chi connectivity index (χ2v) is 6.25. The maximum absolute atomic E-state index is 13.0. The molecule has 0 aromatic heterocycles. The van der Waals surface area contributed by atoms with E-state index in [4.69, 9.17) is 0 Å². The van der Waals surface area contributed by atoms with Gasteiger partial charge in [0.1, 0.15) is 5.82 Å². The summed E-state index contributed by atoms with van der Waals surface area (Å²) in [5.41, 5.74) is 1.65. The van der Waals surface area contributed by atoms with Crippen LogP contribution in [0.5, 0.6) is 0 Å². The molecule has 2 nitrogen and oxygen atoms in total. The number of halogens is 1. The van der Waals surface area contributed by atoms with Crippen LogP contribution in [0.1, 0.15) is 51.5 Å². The highest BCUT2D eigenvalue weighted by Gasteiger charge is 2.29. The van der Waals surface area contributed by atoms with Gasteiger partial charge in [-0.05, 0) is 63.6 Å². The molecular formula is C18H24FNO. The molecular weight excluding hydrogens is 265 g/mol. The molecule has 0 radical (unpaired) electrons. The first-order chi connectivity index (χ1) is 10.00. The van der Waals surface area contributed by atoms with Gasteiger partial charge in [-0.2, -0.15) is 0 Å². The van der Waals surface area contributed by atoms with Crippen LogP contribution in [0.25, 0.3) is 0 Å². The Morgan fingerprint density at radius 2 is 1.95 bits per heavy atom. The Hall–Kier alpha value is -1.64. The molecule has 114 valence electrons. The Balaban J connectivity index is 1.89. The number of rotatable bonds is 5. The smallest absolute Gasteiger partial charge is 0.230 e. The van der Waals surface area contributed by atoms with Crippen molar-refractivity contribution in [3.05, 3.63) is 47.3 Å². The zero-order valence-corrected chi connectivity index (χ0v) is 12.9. The van der Waals surface area contributed by atoms with Crippen LogP contribution in [0, 0.1) is 5.82 Å². The van der Waals surface area contributed by atoms with E-state index in [2.05, 4.69) is 11.4 Å². The van der Waals surface area contributed by atoms with Crippen molar-refractivity contribution < 1.29 is 9.18 Å². The van der Waals surface area contributed by atoms with Crippen LogP contribution in [0.2, 0.25) is 0 Å². The van der Waals surface area contributed by atoms with Crippen LogP contribution in [-0.4, -0.2) is 12.5 Å². The van der Waals surface area contributed by atoms with Gasteiger partial charge in [0.25, 0.3) is 0 Å². The topological polar surface area (TPSA) is 29.1 Å². The van der Waals surface area contributed by atoms with Crippen molar-refractivity contribution in [2.45, 2.75) is 51.4 Å². The first-order valence-electron chi connectivity index (χ1n) is 7.72. The van der Waals surface area contributed by atoms with Crippen molar-refractivity contribution in [3.63, 3.8) is 0 Å². The van der Waals surface area contributed by atoms with Gasteiger partial charge in [0, 0.05) is 6.54 Å². The first-order valence-corrected chi connectivity index (χ1v) is 7.72. The van der Waals surface area contributed by atoms with Gasteiger partial charge in [-0.15, -0.1) is 0 Å². The first kappa shape index (κ1) is 15.7. The number of hydrogen-bond acceptors (Lipinski definition) is 1. The standard InChI is InChI=1S/C18H24FNO/c1-18(2,15-8-10-16(19)11-9-15)17(21)20-13-12-14-6-4-3-5-7-14/h6,8-11H,3-5,7,12-13H2,1-2H3,(H,20,21). The van der Waals surface area contributed by atoms with E-state index in [9.17, 15) is 9.18 Å². The zero-order chi connectivity index (χ0) is 15.3. The Labute approximate surface area is 126 Å². The highest BCUT2D eigenvalue weighted by molar-refractivity contribution is 5.87. The van der Waals surface area contributed by atoms with Crippen molar-refractivity contribution in [1.82, 2.24) is 5.32 Å². The average molecular weight is 289 g/mol. The lowest BCUT2D eigenvalue weighted by molar-refractivity contribution is -0.125. The Morgan fingerprint density at radius 3 is 2.57 bits per heavy atom. The van der Waals surface area contributed by atoms with Crippen LogP contribution >= 0.6 is 0 Å². The number of carbonyl (C=O) groups excluding carboxylic acids is 1. The van der Waals surface area contributed by atoms with Crippen LogP contribution in [0.3, 0.4) is 0 Å². The van der Waals surface area contributed by atoms with Gasteiger partial charge in [-0.25, -0.2) is 4.39 Å². The minimum Gasteiger partial charge on any atom is -0.355 e. The van der Waals surface area contributed by atoms with E-state index < -0.39 is 5.41 Å². The molecule has 0 heterocycles. The summed E-state index contributed by atoms with van der Waals surface area (Å²) >= 11 is 0. The highest BCUT2D eigenvalue weighted by Crippen LogP contribution is 2.24. The van der Waals surface area contributed by atoms with E-state index in [1.54, 1.807) is 12.1 Å². The van der Waals surface area contributed by atoms with Gasteiger partial charge in [-0.1, -0.05) is 23.8 Å². The fourth-order valence-corrected chi connectivity index (χ4v) is 2.69. The molecule has 0 saturated heterocycles. The van der Waals surface area contributed by atoms with E-state index in [0.717, 1.165) is 18.4 Å². The van der Waals surface area contributed by atoms with Crippen LogP contribution in [0.15, 0.2) is 35.9 Å². The van der Waals surface area contributed by atoms with E-state index in [1.165, 1.54) is 37.0 Å². The molecule has 1 aliphatic carbocycles. The quantitative estimate of drug-likeness (QED) is 0.812. The predicted molar refractivity (Wildman–Crippen MR) is 83.6 cm³/mol. The molecule has 3 heteroatoms. The molecule has 0 aliphatic heterocycles. The maximum Gasteiger partial charge on any atom is 0.230 e. The summed E-state index contributed by atoms with van der Waals surface area (Å²) in [6, 6.07) is 6.16. The van der Waals surface area contributed by atoms with Crippen LogP contribution in [0.4, 0.5) is 4.39 Å². The Morgan fingerprint density at radius 1 is 1.24 bits per heavy atom. The largest absolute Gasteiger partial charge is 0.355 e. The van der Waals surface area contributed by atoms with Gasteiger partial charge in [0.05, 0.1) is 5.41 Å². The lowest BCUT2D eigenvalue weighted by atomic mass is 9.83. The SMILES string of the molecule is CC(C)(C(=O)NCCC1=CCCCC1)c1ccc(F)cc1. The molecule has 0 unspecified atom stereocenters. The van der Waals surface area contributed by atoms with Crippen LogP contribution in [-0.2, 0) is 10.2 Å². The molecule has 0 atom stereocenters. The summed E-state index contributed by atoms with van der Waals surface area (Å²) in [6.07, 6.45) is 8.13. The zero-order valence-electron chi connectivity index (χ0n) is 12.9. The monoisotopic (exact) mass is 289 g/mol. The summed E-state index contributed by atoms with van der Waals surface area (Å²) < 4.78 is 13.0. The second-order valence-electron chi connectivity index (χ2n) is 6.25. The average Bonchev–Trinajstić information content (AvgIpc) is 2.48. The normalized spacial score (nSPS) is 15.5. The van der Waals surface area contributed by atoms with Crippen molar-refractivity contribution in [2.75, 3.05) is 6.54 Å². The Kier molecular flexibility index (Phi) is 5.16. The van der Waals surface area contributed by atoms with Gasteiger partial charge in [0.2, 0.25) is 5.91 Å². The van der Waals surface area contributed by atoms with E-state index >= 15 is 0 Å². The molecule has 0 saturated carbocycles. The molecule has 1 aromatic carbocycles. The van der Waals surface area contributed by atoms with Crippen molar-refractivity contribution >= 4 is 5.91 Å². The lowest BCUT2D eigenvalue weighted by Crippen LogP contribution is -2.40. The predicted octanol–water partition coefficient (Wildman–Crippen LogP) is 4.11. The number of amides is 1. The Bertz CT molecular complexity index is 517. The highest BCUT2D eigenvalue weighted by atomic mass is 19.1. The molecule has 1 aromatic rings. The number of carbonyl (C=O) groups is 1. The second kappa shape index (κ2) is 6.88. The third-order valence-electron chi connectivity index (χ3n) is 4.25. The molecule has 1 N–H and O–H groups in total. The van der Waals surface area contributed by atoms with Crippen molar-refractivity contribution in [2.24, 2.45) is 0 Å². The van der Waals surface area contributed by atoms with Crippen molar-refractivity contribution in [3.8, 4) is 0 Å². The third-order valence-corrected chi connectivity index (χ3v) is 4.25. The lowest BCUT2D eigenvalue weighted by Gasteiger charge is -2.24. The number of allylic oxidation sites excluding steroid dienone is 1. The van der Waals surface area contributed by atoms with E-state index in [0.29, 0.717) is 6.54 Å². The molecule has 21 heavy (non-hydrogen) atoms. The van der Waals surface area contributed by atoms with Gasteiger partial charge >= 0.3 is 0 Å². The van der Waals surface area contributed by atoms with E-state index in [-0.39, 0.29) is 11.7 Å². The number of nitrogens with one attached hydrogen (secondary N) is 1. The van der Waals surface area contributed by atoms with Crippen molar-refractivity contribution in [1.29, 1.82) is 0 Å². The van der Waals surface area contributed by atoms with Gasteiger partial charge in [0.15, 0.2) is 0 Å². The minimum atomic E-state index is -0.644. The number of benzene rings is 1. The van der Waals surface area contributed by atoms with Gasteiger partial charge in [-0.3, -0.25) is 4.79 Å². The van der Waals surface area contributed by atoms with Crippen LogP contribution < -0.4 is 5.32 Å². The van der Waals surface area contributed by atoms with Gasteiger partial charge < -0.3 is 5.32 Å². The summed E-state index contributed by atoms with van der Waals surface area (Å²) in [4.78, 5) is 12.4. The summed E-state index contributed by atoms with van der Waals surface area (Å²) in [5, 5.41) is 3.01. The maximum atomic E-state index is 13.0. The summed E-state index contributed by atoms with van der Waals surface area (Å²) in [6.45, 7) is 4.42. The molecule has 2 rings (SSSR count). The minimum absolute atomic E-state index is 0.00878. The summed E-state index contributed by atoms with van der Waals surface area (Å²) in [5.74, 6) is -0.287. The molecule has 1 amide bonds. The fraction of sp³-hybridized carbons (Fsp3) is 0.500. The fourth-order valence-electron chi connectivity index (χ4n) is 2.69. The number of hydrogen-bond donors (Lipinski definition) is 1.